The largest absolute Gasteiger partial charge is 0.393 e. The van der Waals surface area contributed by atoms with Crippen molar-refractivity contribution in [2.45, 2.75) is 96.2 Å². The molecule has 1 aromatic rings. The van der Waals surface area contributed by atoms with Crippen LogP contribution in [0.4, 0.5) is 0 Å². The van der Waals surface area contributed by atoms with Gasteiger partial charge in [0.25, 0.3) is 0 Å². The minimum Gasteiger partial charge on any atom is -0.393 e. The Balaban J connectivity index is 1.35. The molecule has 4 aliphatic rings. The van der Waals surface area contributed by atoms with Gasteiger partial charge in [0.2, 0.25) is 0 Å². The molecule has 5 rings (SSSR count). The Morgan fingerprint density at radius 2 is 1.66 bits per heavy atom. The van der Waals surface area contributed by atoms with Crippen LogP contribution in [-0.4, -0.2) is 21.9 Å². The molecule has 0 aromatic heterocycles. The molecule has 0 heterocycles. The van der Waals surface area contributed by atoms with Gasteiger partial charge in [0.1, 0.15) is 0 Å². The first kappa shape index (κ1) is 20.1. The minimum absolute atomic E-state index is 0.0620. The van der Waals surface area contributed by atoms with E-state index in [2.05, 4.69) is 44.2 Å². The summed E-state index contributed by atoms with van der Waals surface area (Å²) in [5.74, 6) is 3.00. The second-order valence-corrected chi connectivity index (χ2v) is 11.6. The Bertz CT molecular complexity index is 731. The van der Waals surface area contributed by atoms with Crippen LogP contribution in [0, 0.1) is 34.5 Å². The van der Waals surface area contributed by atoms with E-state index in [1.54, 1.807) is 0 Å². The van der Waals surface area contributed by atoms with Crippen LogP contribution in [-0.2, 0) is 6.42 Å². The lowest BCUT2D eigenvalue weighted by Crippen LogP contribution is -2.56. The summed E-state index contributed by atoms with van der Waals surface area (Å²) < 4.78 is 0. The first-order chi connectivity index (χ1) is 13.9. The molecule has 0 bridgehead atoms. The lowest BCUT2D eigenvalue weighted by atomic mass is 9.44. The van der Waals surface area contributed by atoms with Crippen molar-refractivity contribution in [3.8, 4) is 0 Å². The van der Waals surface area contributed by atoms with Crippen LogP contribution >= 0.6 is 0 Å². The zero-order chi connectivity index (χ0) is 20.3. The summed E-state index contributed by atoms with van der Waals surface area (Å²) in [5.41, 5.74) is 1.36. The summed E-state index contributed by atoms with van der Waals surface area (Å²) in [4.78, 5) is 0. The Morgan fingerprint density at radius 1 is 0.897 bits per heavy atom. The monoisotopic (exact) mass is 396 g/mol. The fraction of sp³-hybridized carbons (Fsp3) is 0.778. The molecule has 2 heteroatoms. The maximum Gasteiger partial charge on any atom is 0.0707 e. The van der Waals surface area contributed by atoms with Gasteiger partial charge in [0.15, 0.2) is 0 Å². The summed E-state index contributed by atoms with van der Waals surface area (Å²) >= 11 is 0. The smallest absolute Gasteiger partial charge is 0.0707 e. The number of fused-ring (bicyclic) bond motifs is 5. The lowest BCUT2D eigenvalue weighted by molar-refractivity contribution is -0.160. The molecule has 4 saturated carbocycles. The molecule has 0 unspecified atom stereocenters. The van der Waals surface area contributed by atoms with Gasteiger partial charge in [-0.1, -0.05) is 44.2 Å². The third-order valence-electron chi connectivity index (χ3n) is 10.6. The van der Waals surface area contributed by atoms with Crippen molar-refractivity contribution in [3.05, 3.63) is 35.9 Å². The quantitative estimate of drug-likeness (QED) is 0.682. The molecular formula is C27H40O2. The number of aliphatic hydroxyl groups is 2. The van der Waals surface area contributed by atoms with E-state index in [0.29, 0.717) is 11.3 Å². The summed E-state index contributed by atoms with van der Waals surface area (Å²) in [5, 5.41) is 22.1. The Morgan fingerprint density at radius 3 is 2.45 bits per heavy atom. The van der Waals surface area contributed by atoms with Crippen LogP contribution < -0.4 is 0 Å². The second kappa shape index (κ2) is 7.09. The molecular weight excluding hydrogens is 356 g/mol. The van der Waals surface area contributed by atoms with Gasteiger partial charge in [-0.3, -0.25) is 0 Å². The van der Waals surface area contributed by atoms with Gasteiger partial charge in [-0.05, 0) is 111 Å². The van der Waals surface area contributed by atoms with Crippen molar-refractivity contribution >= 4 is 0 Å². The molecule has 0 radical (unpaired) electrons. The highest BCUT2D eigenvalue weighted by Gasteiger charge is 2.64. The highest BCUT2D eigenvalue weighted by atomic mass is 16.3. The van der Waals surface area contributed by atoms with Crippen LogP contribution in [0.3, 0.4) is 0 Å². The van der Waals surface area contributed by atoms with E-state index in [0.717, 1.165) is 49.9 Å². The number of benzene rings is 1. The van der Waals surface area contributed by atoms with Crippen LogP contribution in [0.2, 0.25) is 0 Å². The van der Waals surface area contributed by atoms with E-state index in [1.807, 2.05) is 0 Å². The van der Waals surface area contributed by atoms with Gasteiger partial charge in [-0.25, -0.2) is 0 Å². The highest BCUT2D eigenvalue weighted by molar-refractivity contribution is 5.18. The van der Waals surface area contributed by atoms with Gasteiger partial charge < -0.3 is 10.2 Å². The van der Waals surface area contributed by atoms with Crippen LogP contribution in [0.15, 0.2) is 30.3 Å². The number of rotatable bonds is 3. The van der Waals surface area contributed by atoms with Crippen molar-refractivity contribution in [2.75, 3.05) is 0 Å². The Hall–Kier alpha value is -0.860. The van der Waals surface area contributed by atoms with E-state index in [9.17, 15) is 10.2 Å². The predicted molar refractivity (Wildman–Crippen MR) is 117 cm³/mol. The number of aryl methyl sites for hydroxylation is 1. The molecule has 0 saturated heterocycles. The lowest BCUT2D eigenvalue weighted by Gasteiger charge is -2.61. The van der Waals surface area contributed by atoms with Gasteiger partial charge >= 0.3 is 0 Å². The maximum atomic E-state index is 11.9. The van der Waals surface area contributed by atoms with Crippen LogP contribution in [0.5, 0.6) is 0 Å². The van der Waals surface area contributed by atoms with E-state index in [1.165, 1.54) is 44.1 Å². The molecule has 1 aromatic carbocycles. The summed E-state index contributed by atoms with van der Waals surface area (Å²) in [6.07, 6.45) is 12.4. The Kier molecular flexibility index (Phi) is 4.91. The number of hydrogen-bond acceptors (Lipinski definition) is 2. The zero-order valence-electron chi connectivity index (χ0n) is 18.4. The van der Waals surface area contributed by atoms with Crippen molar-refractivity contribution in [3.63, 3.8) is 0 Å². The van der Waals surface area contributed by atoms with Crippen molar-refractivity contribution < 1.29 is 10.2 Å². The molecule has 29 heavy (non-hydrogen) atoms. The predicted octanol–water partition coefficient (Wildman–Crippen LogP) is 5.75. The third-order valence-corrected chi connectivity index (χ3v) is 10.6. The minimum atomic E-state index is -0.501. The molecule has 0 aliphatic heterocycles. The zero-order valence-corrected chi connectivity index (χ0v) is 18.4. The van der Waals surface area contributed by atoms with Gasteiger partial charge in [0, 0.05) is 0 Å². The highest BCUT2D eigenvalue weighted by Crippen LogP contribution is 2.68. The topological polar surface area (TPSA) is 40.5 Å². The molecule has 2 nitrogen and oxygen atoms in total. The Labute approximate surface area is 177 Å². The van der Waals surface area contributed by atoms with Crippen molar-refractivity contribution in [2.24, 2.45) is 34.5 Å². The molecule has 4 aliphatic carbocycles. The number of aliphatic hydroxyl groups excluding tert-OH is 1. The molecule has 0 spiro atoms. The standard InChI is InChI=1S/C27H40O2/c1-25-14-11-21(28)18-20(25)8-9-22-23(25)12-15-26(2)24(22)13-17-27(26,29)16-10-19-6-4-3-5-7-19/h3-7,20-24,28-29H,8-18H2,1-2H3/t20-,21-,22+,23-,24-,25-,26-,27-/m0/s1. The first-order valence-corrected chi connectivity index (χ1v) is 12.3. The molecule has 160 valence electrons. The summed E-state index contributed by atoms with van der Waals surface area (Å²) in [6, 6.07) is 10.7. The van der Waals surface area contributed by atoms with Crippen molar-refractivity contribution in [1.82, 2.24) is 0 Å². The molecule has 4 fully saturated rings. The summed E-state index contributed by atoms with van der Waals surface area (Å²) in [6.45, 7) is 4.99. The molecule has 0 amide bonds. The number of hydrogen-bond donors (Lipinski definition) is 2. The van der Waals surface area contributed by atoms with Gasteiger partial charge in [0.05, 0.1) is 11.7 Å². The fourth-order valence-electron chi connectivity index (χ4n) is 8.75. The van der Waals surface area contributed by atoms with E-state index >= 15 is 0 Å². The fourth-order valence-corrected chi connectivity index (χ4v) is 8.75. The molecule has 2 N–H and O–H groups in total. The maximum absolute atomic E-state index is 11.9. The van der Waals surface area contributed by atoms with Crippen molar-refractivity contribution in [1.29, 1.82) is 0 Å². The second-order valence-electron chi connectivity index (χ2n) is 11.6. The van der Waals surface area contributed by atoms with Gasteiger partial charge in [-0.2, -0.15) is 0 Å². The third kappa shape index (κ3) is 3.04. The van der Waals surface area contributed by atoms with Crippen LogP contribution in [0.25, 0.3) is 0 Å². The SMILES string of the molecule is C[C@]12CC[C@H](O)C[C@@H]1CC[C@@H]1[C@@H]2CC[C@@]2(C)[C@H]1CC[C@@]2(O)CCc1ccccc1. The normalized spacial score (nSPS) is 49.2. The molecule has 8 atom stereocenters. The van der Waals surface area contributed by atoms with Gasteiger partial charge in [-0.15, -0.1) is 0 Å². The van der Waals surface area contributed by atoms with E-state index in [-0.39, 0.29) is 11.5 Å². The van der Waals surface area contributed by atoms with E-state index in [4.69, 9.17) is 0 Å². The summed E-state index contributed by atoms with van der Waals surface area (Å²) in [7, 11) is 0. The van der Waals surface area contributed by atoms with E-state index < -0.39 is 5.60 Å². The van der Waals surface area contributed by atoms with Crippen LogP contribution in [0.1, 0.15) is 83.6 Å². The average Bonchev–Trinajstić information content (AvgIpc) is 2.99. The first-order valence-electron chi connectivity index (χ1n) is 12.3. The average molecular weight is 397 g/mol.